The predicted octanol–water partition coefficient (Wildman–Crippen LogP) is 1.92. The second-order valence-electron chi connectivity index (χ2n) is 5.07. The molecule has 0 bridgehead atoms. The third kappa shape index (κ3) is 3.09. The first-order valence-electron chi connectivity index (χ1n) is 6.44. The quantitative estimate of drug-likeness (QED) is 0.731. The Kier molecular flexibility index (Phi) is 4.33. The zero-order chi connectivity index (χ0) is 13.0. The fourth-order valence-electron chi connectivity index (χ4n) is 2.01. The van der Waals surface area contributed by atoms with Crippen LogP contribution in [0.1, 0.15) is 19.4 Å². The lowest BCUT2D eigenvalue weighted by atomic mass is 9.97. The molecule has 98 valence electrons. The molecule has 0 saturated heterocycles. The molecule has 1 aromatic carbocycles. The van der Waals surface area contributed by atoms with E-state index in [9.17, 15) is 5.11 Å². The van der Waals surface area contributed by atoms with Crippen molar-refractivity contribution in [2.75, 3.05) is 13.2 Å². The second-order valence-corrected chi connectivity index (χ2v) is 5.07. The van der Waals surface area contributed by atoms with Crippen molar-refractivity contribution in [3.63, 3.8) is 0 Å². The fraction of sp³-hybridized carbons (Fsp3) is 0.500. The number of imidazole rings is 1. The largest absolute Gasteiger partial charge is 0.396 e. The maximum absolute atomic E-state index is 9.25. The van der Waals surface area contributed by atoms with Crippen molar-refractivity contribution in [3.05, 3.63) is 30.1 Å². The van der Waals surface area contributed by atoms with Gasteiger partial charge in [0.25, 0.3) is 0 Å². The van der Waals surface area contributed by atoms with Gasteiger partial charge in [-0.25, -0.2) is 4.98 Å². The number of aliphatic hydroxyl groups excluding tert-OH is 1. The summed E-state index contributed by atoms with van der Waals surface area (Å²) >= 11 is 0. The molecular weight excluding hydrogens is 226 g/mol. The molecule has 3 N–H and O–H groups in total. The van der Waals surface area contributed by atoms with Crippen LogP contribution in [-0.4, -0.2) is 28.2 Å². The van der Waals surface area contributed by atoms with Crippen molar-refractivity contribution >= 4 is 11.0 Å². The minimum Gasteiger partial charge on any atom is -0.396 e. The molecule has 0 fully saturated rings. The molecule has 4 nitrogen and oxygen atoms in total. The van der Waals surface area contributed by atoms with Crippen LogP contribution in [-0.2, 0) is 6.54 Å². The molecule has 1 aromatic heterocycles. The molecule has 2 rings (SSSR count). The van der Waals surface area contributed by atoms with E-state index in [4.69, 9.17) is 0 Å². The molecule has 18 heavy (non-hydrogen) atoms. The molecule has 0 amide bonds. The predicted molar refractivity (Wildman–Crippen MR) is 73.2 cm³/mol. The van der Waals surface area contributed by atoms with Gasteiger partial charge in [-0.2, -0.15) is 0 Å². The maximum atomic E-state index is 9.25. The summed E-state index contributed by atoms with van der Waals surface area (Å²) in [7, 11) is 0. The standard InChI is InChI=1S/C14H21N3O/c1-10(2)12(8-18)7-15-6-11-3-4-13-14(5-11)17-9-16-13/h3-5,9-10,12,15,18H,6-8H2,1-2H3,(H,16,17). The summed E-state index contributed by atoms with van der Waals surface area (Å²) in [5.74, 6) is 0.818. The van der Waals surface area contributed by atoms with Crippen LogP contribution in [0.3, 0.4) is 0 Å². The summed E-state index contributed by atoms with van der Waals surface area (Å²) in [5.41, 5.74) is 3.29. The molecule has 2 aromatic rings. The topological polar surface area (TPSA) is 60.9 Å². The van der Waals surface area contributed by atoms with E-state index in [1.807, 2.05) is 6.07 Å². The van der Waals surface area contributed by atoms with Crippen molar-refractivity contribution in [1.82, 2.24) is 15.3 Å². The zero-order valence-corrected chi connectivity index (χ0v) is 11.0. The molecule has 1 heterocycles. The lowest BCUT2D eigenvalue weighted by Gasteiger charge is -2.18. The number of aliphatic hydroxyl groups is 1. The van der Waals surface area contributed by atoms with Gasteiger partial charge in [-0.1, -0.05) is 19.9 Å². The van der Waals surface area contributed by atoms with Crippen LogP contribution < -0.4 is 5.32 Å². The van der Waals surface area contributed by atoms with Gasteiger partial charge in [0.2, 0.25) is 0 Å². The average molecular weight is 247 g/mol. The fourth-order valence-corrected chi connectivity index (χ4v) is 2.01. The minimum atomic E-state index is 0.240. The zero-order valence-electron chi connectivity index (χ0n) is 11.0. The summed E-state index contributed by atoms with van der Waals surface area (Å²) in [5, 5.41) is 12.7. The number of H-pyrrole nitrogens is 1. The van der Waals surface area contributed by atoms with E-state index in [-0.39, 0.29) is 6.61 Å². The Hall–Kier alpha value is -1.39. The van der Waals surface area contributed by atoms with Crippen molar-refractivity contribution in [2.45, 2.75) is 20.4 Å². The first-order chi connectivity index (χ1) is 8.70. The molecule has 0 saturated carbocycles. The lowest BCUT2D eigenvalue weighted by Crippen LogP contribution is -2.28. The van der Waals surface area contributed by atoms with Crippen molar-refractivity contribution in [3.8, 4) is 0 Å². The summed E-state index contributed by atoms with van der Waals surface area (Å²) in [6.07, 6.45) is 1.71. The van der Waals surface area contributed by atoms with E-state index >= 15 is 0 Å². The van der Waals surface area contributed by atoms with Crippen LogP contribution in [0, 0.1) is 11.8 Å². The molecule has 1 atom stereocenters. The Morgan fingerprint density at radius 1 is 1.39 bits per heavy atom. The number of benzene rings is 1. The van der Waals surface area contributed by atoms with Gasteiger partial charge in [-0.15, -0.1) is 0 Å². The Balaban J connectivity index is 1.89. The molecule has 0 aliphatic carbocycles. The van der Waals surface area contributed by atoms with E-state index < -0.39 is 0 Å². The van der Waals surface area contributed by atoms with Crippen LogP contribution in [0.4, 0.5) is 0 Å². The van der Waals surface area contributed by atoms with Crippen molar-refractivity contribution < 1.29 is 5.11 Å². The third-order valence-electron chi connectivity index (χ3n) is 3.40. The highest BCUT2D eigenvalue weighted by Gasteiger charge is 2.11. The SMILES string of the molecule is CC(C)C(CO)CNCc1ccc2nc[nH]c2c1. The number of aromatic amines is 1. The van der Waals surface area contributed by atoms with Gasteiger partial charge in [-0.3, -0.25) is 0 Å². The average Bonchev–Trinajstić information content (AvgIpc) is 2.81. The number of rotatable bonds is 6. The summed E-state index contributed by atoms with van der Waals surface area (Å²) < 4.78 is 0. The first kappa shape index (κ1) is 13.1. The summed E-state index contributed by atoms with van der Waals surface area (Å²) in [6, 6.07) is 6.22. The molecule has 4 heteroatoms. The van der Waals surface area contributed by atoms with Crippen molar-refractivity contribution in [1.29, 1.82) is 0 Å². The maximum Gasteiger partial charge on any atom is 0.0931 e. The molecule has 0 spiro atoms. The van der Waals surface area contributed by atoms with E-state index in [1.165, 1.54) is 5.56 Å². The van der Waals surface area contributed by atoms with Crippen LogP contribution in [0.5, 0.6) is 0 Å². The highest BCUT2D eigenvalue weighted by Crippen LogP contribution is 2.12. The van der Waals surface area contributed by atoms with E-state index in [0.29, 0.717) is 11.8 Å². The van der Waals surface area contributed by atoms with Crippen molar-refractivity contribution in [2.24, 2.45) is 11.8 Å². The van der Waals surface area contributed by atoms with Gasteiger partial charge in [0.15, 0.2) is 0 Å². The second kappa shape index (κ2) is 5.98. The van der Waals surface area contributed by atoms with Gasteiger partial charge in [0.05, 0.1) is 17.4 Å². The molecule has 0 aliphatic heterocycles. The van der Waals surface area contributed by atoms with E-state index in [0.717, 1.165) is 24.1 Å². The smallest absolute Gasteiger partial charge is 0.0931 e. The normalized spacial score (nSPS) is 13.3. The van der Waals surface area contributed by atoms with Gasteiger partial charge in [0.1, 0.15) is 0 Å². The Morgan fingerprint density at radius 2 is 2.22 bits per heavy atom. The number of fused-ring (bicyclic) bond motifs is 1. The van der Waals surface area contributed by atoms with Gasteiger partial charge < -0.3 is 15.4 Å². The number of nitrogens with one attached hydrogen (secondary N) is 2. The molecule has 1 unspecified atom stereocenters. The summed E-state index contributed by atoms with van der Waals surface area (Å²) in [4.78, 5) is 7.31. The van der Waals surface area contributed by atoms with Gasteiger partial charge in [-0.05, 0) is 29.5 Å². The minimum absolute atomic E-state index is 0.240. The lowest BCUT2D eigenvalue weighted by molar-refractivity contribution is 0.186. The molecular formula is C14H21N3O. The third-order valence-corrected chi connectivity index (χ3v) is 3.40. The molecule has 0 radical (unpaired) electrons. The monoisotopic (exact) mass is 247 g/mol. The Morgan fingerprint density at radius 3 is 2.94 bits per heavy atom. The number of aromatic nitrogens is 2. The highest BCUT2D eigenvalue weighted by molar-refractivity contribution is 5.74. The van der Waals surface area contributed by atoms with Gasteiger partial charge in [0, 0.05) is 19.7 Å². The molecule has 0 aliphatic rings. The van der Waals surface area contributed by atoms with Crippen LogP contribution in [0.25, 0.3) is 11.0 Å². The Labute approximate surface area is 107 Å². The number of hydrogen-bond acceptors (Lipinski definition) is 3. The van der Waals surface area contributed by atoms with Gasteiger partial charge >= 0.3 is 0 Å². The van der Waals surface area contributed by atoms with E-state index in [2.05, 4.69) is 41.3 Å². The van der Waals surface area contributed by atoms with Crippen LogP contribution in [0.2, 0.25) is 0 Å². The Bertz CT molecular complexity index is 492. The summed E-state index contributed by atoms with van der Waals surface area (Å²) in [6.45, 7) is 6.18. The highest BCUT2D eigenvalue weighted by atomic mass is 16.3. The van der Waals surface area contributed by atoms with Crippen LogP contribution in [0.15, 0.2) is 24.5 Å². The first-order valence-corrected chi connectivity index (χ1v) is 6.44. The number of hydrogen-bond donors (Lipinski definition) is 3. The van der Waals surface area contributed by atoms with E-state index in [1.54, 1.807) is 6.33 Å². The number of nitrogens with zero attached hydrogens (tertiary/aromatic N) is 1. The van der Waals surface area contributed by atoms with Crippen LogP contribution >= 0.6 is 0 Å².